The van der Waals surface area contributed by atoms with Gasteiger partial charge in [0.2, 0.25) is 0 Å². The predicted molar refractivity (Wildman–Crippen MR) is 82.0 cm³/mol. The summed E-state index contributed by atoms with van der Waals surface area (Å²) in [6.07, 6.45) is 0. The van der Waals surface area contributed by atoms with Gasteiger partial charge < -0.3 is 11.1 Å². The Balaban J connectivity index is 2.86. The Morgan fingerprint density at radius 1 is 1.53 bits per heavy atom. The Morgan fingerprint density at radius 3 is 2.71 bits per heavy atom. The van der Waals surface area contributed by atoms with Crippen LogP contribution in [0.25, 0.3) is 0 Å². The minimum absolute atomic E-state index is 0.0114. The van der Waals surface area contributed by atoms with Crippen LogP contribution in [0.3, 0.4) is 0 Å². The van der Waals surface area contributed by atoms with Gasteiger partial charge in [0.25, 0.3) is 5.91 Å². The maximum Gasteiger partial charge on any atom is 0.252 e. The van der Waals surface area contributed by atoms with Crippen LogP contribution in [-0.4, -0.2) is 18.5 Å². The molecule has 0 saturated carbocycles. The van der Waals surface area contributed by atoms with Crippen LogP contribution in [0.15, 0.2) is 22.7 Å². The van der Waals surface area contributed by atoms with Crippen LogP contribution in [0.4, 0.5) is 0 Å². The maximum atomic E-state index is 12.1. The minimum atomic E-state index is -0.0696. The monoisotopic (exact) mass is 410 g/mol. The molecule has 1 atom stereocenters. The zero-order valence-corrected chi connectivity index (χ0v) is 13.6. The van der Waals surface area contributed by atoms with Crippen molar-refractivity contribution < 1.29 is 4.79 Å². The highest BCUT2D eigenvalue weighted by atomic mass is 127. The molecule has 0 spiro atoms. The molecule has 1 unspecified atom stereocenters. The molecule has 1 rings (SSSR count). The number of amides is 1. The van der Waals surface area contributed by atoms with E-state index < -0.39 is 0 Å². The highest BCUT2D eigenvalue weighted by Gasteiger charge is 2.17. The van der Waals surface area contributed by atoms with Crippen molar-refractivity contribution in [2.75, 3.05) is 6.54 Å². The number of halogens is 2. The van der Waals surface area contributed by atoms with Crippen LogP contribution >= 0.6 is 38.5 Å². The van der Waals surface area contributed by atoms with Gasteiger partial charge in [-0.2, -0.15) is 0 Å². The van der Waals surface area contributed by atoms with E-state index in [4.69, 9.17) is 5.73 Å². The molecule has 94 valence electrons. The lowest BCUT2D eigenvalue weighted by Crippen LogP contribution is -2.43. The lowest BCUT2D eigenvalue weighted by atomic mass is 10.0. The number of hydrogen-bond acceptors (Lipinski definition) is 2. The van der Waals surface area contributed by atoms with Crippen LogP contribution in [0.1, 0.15) is 24.2 Å². The number of carbonyl (C=O) groups is 1. The standard InChI is InChI=1S/C12H16BrIN2O/c1-7(2)11(6-15)16-12(17)9-5-8(13)3-4-10(9)14/h3-5,7,11H,6,15H2,1-2H3,(H,16,17). The zero-order valence-electron chi connectivity index (χ0n) is 9.84. The van der Waals surface area contributed by atoms with Gasteiger partial charge in [-0.3, -0.25) is 4.79 Å². The summed E-state index contributed by atoms with van der Waals surface area (Å²) in [6, 6.07) is 5.66. The molecular formula is C12H16BrIN2O. The van der Waals surface area contributed by atoms with Gasteiger partial charge in [-0.25, -0.2) is 0 Å². The van der Waals surface area contributed by atoms with E-state index in [0.717, 1.165) is 8.04 Å². The van der Waals surface area contributed by atoms with Crippen molar-refractivity contribution in [3.8, 4) is 0 Å². The predicted octanol–water partition coefficient (Wildman–Crippen LogP) is 2.77. The Labute approximate surface area is 124 Å². The molecular weight excluding hydrogens is 395 g/mol. The second-order valence-corrected chi connectivity index (χ2v) is 6.26. The van der Waals surface area contributed by atoms with Gasteiger partial charge >= 0.3 is 0 Å². The Morgan fingerprint density at radius 2 is 2.18 bits per heavy atom. The Hall–Kier alpha value is -0.140. The molecule has 0 aromatic heterocycles. The molecule has 0 fully saturated rings. The van der Waals surface area contributed by atoms with E-state index in [9.17, 15) is 4.79 Å². The van der Waals surface area contributed by atoms with Gasteiger partial charge in [0, 0.05) is 20.6 Å². The first-order valence-corrected chi connectivity index (χ1v) is 7.29. The van der Waals surface area contributed by atoms with Gasteiger partial charge in [-0.05, 0) is 46.7 Å². The number of carbonyl (C=O) groups excluding carboxylic acids is 1. The number of rotatable bonds is 4. The molecule has 0 radical (unpaired) electrons. The molecule has 0 heterocycles. The number of benzene rings is 1. The van der Waals surface area contributed by atoms with Crippen molar-refractivity contribution in [1.82, 2.24) is 5.32 Å². The third kappa shape index (κ3) is 4.22. The molecule has 1 aromatic rings. The number of nitrogens with two attached hydrogens (primary N) is 1. The molecule has 5 heteroatoms. The van der Waals surface area contributed by atoms with Crippen molar-refractivity contribution >= 4 is 44.4 Å². The molecule has 0 bridgehead atoms. The van der Waals surface area contributed by atoms with E-state index >= 15 is 0 Å². The first-order valence-electron chi connectivity index (χ1n) is 5.41. The average Bonchev–Trinajstić information content (AvgIpc) is 2.28. The molecule has 0 aliphatic carbocycles. The largest absolute Gasteiger partial charge is 0.348 e. The molecule has 3 nitrogen and oxygen atoms in total. The number of nitrogens with one attached hydrogen (secondary N) is 1. The van der Waals surface area contributed by atoms with Gasteiger partial charge in [0.1, 0.15) is 0 Å². The minimum Gasteiger partial charge on any atom is -0.348 e. The number of hydrogen-bond donors (Lipinski definition) is 2. The van der Waals surface area contributed by atoms with Gasteiger partial charge in [0.05, 0.1) is 5.56 Å². The van der Waals surface area contributed by atoms with Crippen molar-refractivity contribution in [3.05, 3.63) is 31.8 Å². The summed E-state index contributed by atoms with van der Waals surface area (Å²) >= 11 is 5.52. The Bertz CT molecular complexity index is 409. The van der Waals surface area contributed by atoms with Crippen LogP contribution in [0.2, 0.25) is 0 Å². The molecule has 1 amide bonds. The fourth-order valence-corrected chi connectivity index (χ4v) is 2.36. The Kier molecular flexibility index (Phi) is 5.88. The lowest BCUT2D eigenvalue weighted by molar-refractivity contribution is 0.0927. The van der Waals surface area contributed by atoms with Crippen LogP contribution in [0, 0.1) is 9.49 Å². The quantitative estimate of drug-likeness (QED) is 0.750. The summed E-state index contributed by atoms with van der Waals surface area (Å²) in [6.45, 7) is 4.54. The third-order valence-electron chi connectivity index (χ3n) is 2.55. The fourth-order valence-electron chi connectivity index (χ4n) is 1.42. The summed E-state index contributed by atoms with van der Waals surface area (Å²) in [5.74, 6) is 0.258. The highest BCUT2D eigenvalue weighted by Crippen LogP contribution is 2.18. The molecule has 17 heavy (non-hydrogen) atoms. The normalized spacial score (nSPS) is 12.6. The van der Waals surface area contributed by atoms with Crippen molar-refractivity contribution in [1.29, 1.82) is 0 Å². The zero-order chi connectivity index (χ0) is 13.0. The molecule has 3 N–H and O–H groups in total. The van der Waals surface area contributed by atoms with E-state index in [1.54, 1.807) is 0 Å². The molecule has 0 saturated heterocycles. The average molecular weight is 411 g/mol. The van der Waals surface area contributed by atoms with Gasteiger partial charge in [0.15, 0.2) is 0 Å². The second-order valence-electron chi connectivity index (χ2n) is 4.18. The second kappa shape index (κ2) is 6.70. The van der Waals surface area contributed by atoms with Crippen molar-refractivity contribution in [3.63, 3.8) is 0 Å². The summed E-state index contributed by atoms with van der Waals surface area (Å²) in [4.78, 5) is 12.1. The first kappa shape index (κ1) is 14.9. The van der Waals surface area contributed by atoms with Gasteiger partial charge in [-0.1, -0.05) is 29.8 Å². The SMILES string of the molecule is CC(C)C(CN)NC(=O)c1cc(Br)ccc1I. The topological polar surface area (TPSA) is 55.1 Å². The van der Waals surface area contributed by atoms with E-state index in [1.807, 2.05) is 32.0 Å². The fraction of sp³-hybridized carbons (Fsp3) is 0.417. The van der Waals surface area contributed by atoms with Gasteiger partial charge in [-0.15, -0.1) is 0 Å². The summed E-state index contributed by atoms with van der Waals surface area (Å²) in [5.41, 5.74) is 6.32. The van der Waals surface area contributed by atoms with E-state index in [0.29, 0.717) is 18.0 Å². The van der Waals surface area contributed by atoms with E-state index in [1.165, 1.54) is 0 Å². The lowest BCUT2D eigenvalue weighted by Gasteiger charge is -2.20. The van der Waals surface area contributed by atoms with E-state index in [2.05, 4.69) is 43.8 Å². The molecule has 0 aliphatic rings. The van der Waals surface area contributed by atoms with Crippen molar-refractivity contribution in [2.24, 2.45) is 11.7 Å². The first-order chi connectivity index (χ1) is 7.95. The maximum absolute atomic E-state index is 12.1. The van der Waals surface area contributed by atoms with Crippen molar-refractivity contribution in [2.45, 2.75) is 19.9 Å². The highest BCUT2D eigenvalue weighted by molar-refractivity contribution is 14.1. The smallest absolute Gasteiger partial charge is 0.252 e. The molecule has 0 aliphatic heterocycles. The van der Waals surface area contributed by atoms with Crippen LogP contribution in [-0.2, 0) is 0 Å². The van der Waals surface area contributed by atoms with E-state index in [-0.39, 0.29) is 11.9 Å². The molecule has 1 aromatic carbocycles. The summed E-state index contributed by atoms with van der Waals surface area (Å²) < 4.78 is 1.83. The third-order valence-corrected chi connectivity index (χ3v) is 3.98. The van der Waals surface area contributed by atoms with Crippen LogP contribution < -0.4 is 11.1 Å². The summed E-state index contributed by atoms with van der Waals surface area (Å²) in [5, 5.41) is 2.96. The van der Waals surface area contributed by atoms with Crippen LogP contribution in [0.5, 0.6) is 0 Å². The summed E-state index contributed by atoms with van der Waals surface area (Å²) in [7, 11) is 0.